The van der Waals surface area contributed by atoms with E-state index < -0.39 is 19.0 Å². The third-order valence-electron chi connectivity index (χ3n) is 1.33. The minimum atomic E-state index is -3.68. The van der Waals surface area contributed by atoms with Crippen LogP contribution in [0.3, 0.4) is 0 Å². The van der Waals surface area contributed by atoms with Crippen LogP contribution in [0.2, 0.25) is 0 Å². The van der Waals surface area contributed by atoms with Crippen molar-refractivity contribution in [3.63, 3.8) is 0 Å². The summed E-state index contributed by atoms with van der Waals surface area (Å²) in [7, 11) is -3.68. The van der Waals surface area contributed by atoms with Gasteiger partial charge >= 0.3 is 7.82 Å². The van der Waals surface area contributed by atoms with E-state index in [1.54, 1.807) is 48.5 Å². The fourth-order valence-corrected chi connectivity index (χ4v) is 2.67. The molecule has 0 aliphatic carbocycles. The lowest BCUT2D eigenvalue weighted by Gasteiger charge is -2.30. The molecule has 2 N–H and O–H groups in total. The molecule has 0 unspecified atom stereocenters. The highest BCUT2D eigenvalue weighted by Crippen LogP contribution is 2.55. The molecule has 0 aromatic carbocycles. The highest BCUT2D eigenvalue weighted by Gasteiger charge is 2.37. The molecule has 0 saturated heterocycles. The second-order valence-corrected chi connectivity index (χ2v) is 7.45. The van der Waals surface area contributed by atoms with Crippen molar-refractivity contribution in [1.82, 2.24) is 5.32 Å². The Kier molecular flexibility index (Phi) is 6.01. The predicted octanol–water partition coefficient (Wildman–Crippen LogP) is 3.29. The molecule has 0 aliphatic rings. The summed E-state index contributed by atoms with van der Waals surface area (Å²) in [5.41, 5.74) is -1.30. The zero-order valence-electron chi connectivity index (χ0n) is 12.3. The third kappa shape index (κ3) is 9.59. The van der Waals surface area contributed by atoms with Gasteiger partial charge in [-0.15, -0.1) is 0 Å². The quantitative estimate of drug-likeness (QED) is 0.349. The molecule has 7 heteroatoms. The van der Waals surface area contributed by atoms with Crippen LogP contribution >= 0.6 is 7.82 Å². The summed E-state index contributed by atoms with van der Waals surface area (Å²) < 4.78 is 28.4. The maximum Gasteiger partial charge on any atom is 0.477 e. The first-order valence-corrected chi connectivity index (χ1v) is 7.24. The lowest BCUT2D eigenvalue weighted by Crippen LogP contribution is -2.28. The average Bonchev–Trinajstić information content (AvgIpc) is 1.93. The highest BCUT2D eigenvalue weighted by molar-refractivity contribution is 7.48. The topological polar surface area (TPSA) is 80.6 Å². The molecule has 0 spiro atoms. The van der Waals surface area contributed by atoms with Crippen molar-refractivity contribution in [3.8, 4) is 0 Å². The standard InChI is InChI=1S/C11H25N2O4P/c1-9(12)13-8-15-18(14,16-10(2,3)4)17-11(5,6)7/h8H2,1-7H3,(H2,12,13). The molecular formula is C11H25N2O4P. The lowest BCUT2D eigenvalue weighted by atomic mass is 10.2. The number of hydrogen-bond acceptors (Lipinski definition) is 5. The molecule has 108 valence electrons. The van der Waals surface area contributed by atoms with Crippen molar-refractivity contribution in [2.24, 2.45) is 0 Å². The van der Waals surface area contributed by atoms with Crippen LogP contribution in [0.15, 0.2) is 0 Å². The van der Waals surface area contributed by atoms with Crippen molar-refractivity contribution in [2.75, 3.05) is 6.73 Å². The third-order valence-corrected chi connectivity index (χ3v) is 3.32. The number of amidine groups is 1. The highest BCUT2D eigenvalue weighted by atomic mass is 31.2. The molecule has 6 nitrogen and oxygen atoms in total. The van der Waals surface area contributed by atoms with Gasteiger partial charge in [-0.1, -0.05) is 0 Å². The van der Waals surface area contributed by atoms with E-state index in [0.29, 0.717) is 0 Å². The van der Waals surface area contributed by atoms with Gasteiger partial charge in [0.2, 0.25) is 0 Å². The maximum absolute atomic E-state index is 12.4. The van der Waals surface area contributed by atoms with E-state index in [9.17, 15) is 4.57 Å². The van der Waals surface area contributed by atoms with Gasteiger partial charge in [0.05, 0.1) is 17.0 Å². The van der Waals surface area contributed by atoms with Crippen molar-refractivity contribution in [2.45, 2.75) is 59.7 Å². The van der Waals surface area contributed by atoms with E-state index in [0.717, 1.165) is 0 Å². The molecule has 0 fully saturated rings. The van der Waals surface area contributed by atoms with Gasteiger partial charge in [0.1, 0.15) is 6.73 Å². The Hall–Kier alpha value is -0.420. The van der Waals surface area contributed by atoms with Gasteiger partial charge in [0.15, 0.2) is 0 Å². The molecule has 0 aliphatic heterocycles. The van der Waals surface area contributed by atoms with E-state index >= 15 is 0 Å². The van der Waals surface area contributed by atoms with Crippen LogP contribution < -0.4 is 5.32 Å². The van der Waals surface area contributed by atoms with E-state index in [1.807, 2.05) is 0 Å². The number of phosphoric ester groups is 1. The molecular weight excluding hydrogens is 255 g/mol. The number of phosphoric acid groups is 1. The molecule has 0 bridgehead atoms. The summed E-state index contributed by atoms with van der Waals surface area (Å²) in [5, 5.41) is 9.80. The molecule has 0 radical (unpaired) electrons. The second kappa shape index (κ2) is 6.15. The normalized spacial score (nSPS) is 13.5. The molecule has 0 aromatic rings. The van der Waals surface area contributed by atoms with E-state index in [1.165, 1.54) is 0 Å². The van der Waals surface area contributed by atoms with Crippen molar-refractivity contribution in [1.29, 1.82) is 5.41 Å². The van der Waals surface area contributed by atoms with Crippen LogP contribution in [-0.4, -0.2) is 23.8 Å². The SMILES string of the molecule is CC(=N)NCOP(=O)(OC(C)(C)C)OC(C)(C)C. The zero-order valence-corrected chi connectivity index (χ0v) is 13.2. The van der Waals surface area contributed by atoms with Gasteiger partial charge in [-0.05, 0) is 48.5 Å². The van der Waals surface area contributed by atoms with Gasteiger partial charge in [-0.2, -0.15) is 0 Å². The largest absolute Gasteiger partial charge is 0.477 e. The van der Waals surface area contributed by atoms with E-state index in [4.69, 9.17) is 19.0 Å². The molecule has 0 rings (SSSR count). The summed E-state index contributed by atoms with van der Waals surface area (Å²) in [6.45, 7) is 12.1. The van der Waals surface area contributed by atoms with Gasteiger partial charge in [0.25, 0.3) is 0 Å². The fourth-order valence-electron chi connectivity index (χ4n) is 0.962. The summed E-state index contributed by atoms with van der Waals surface area (Å²) in [6.07, 6.45) is 0. The molecule has 0 aromatic heterocycles. The summed E-state index contributed by atoms with van der Waals surface area (Å²) >= 11 is 0. The fraction of sp³-hybridized carbons (Fsp3) is 0.909. The van der Waals surface area contributed by atoms with Crippen molar-refractivity contribution >= 4 is 13.7 Å². The smallest absolute Gasteiger partial charge is 0.351 e. The Balaban J connectivity index is 4.71. The molecule has 0 atom stereocenters. The first-order valence-electron chi connectivity index (χ1n) is 5.78. The minimum Gasteiger partial charge on any atom is -0.351 e. The van der Waals surface area contributed by atoms with Crippen LogP contribution in [-0.2, 0) is 18.1 Å². The van der Waals surface area contributed by atoms with Gasteiger partial charge < -0.3 is 5.32 Å². The Morgan fingerprint density at radius 3 is 1.78 bits per heavy atom. The second-order valence-electron chi connectivity index (χ2n) is 5.93. The van der Waals surface area contributed by atoms with Crippen LogP contribution in [0.25, 0.3) is 0 Å². The summed E-state index contributed by atoms with van der Waals surface area (Å²) in [4.78, 5) is 0. The van der Waals surface area contributed by atoms with E-state index in [2.05, 4.69) is 5.32 Å². The van der Waals surface area contributed by atoms with Crippen LogP contribution in [0.5, 0.6) is 0 Å². The van der Waals surface area contributed by atoms with E-state index in [-0.39, 0.29) is 12.6 Å². The van der Waals surface area contributed by atoms with Crippen LogP contribution in [0.4, 0.5) is 0 Å². The Morgan fingerprint density at radius 2 is 1.50 bits per heavy atom. The van der Waals surface area contributed by atoms with Crippen molar-refractivity contribution in [3.05, 3.63) is 0 Å². The minimum absolute atomic E-state index is 0.0984. The first kappa shape index (κ1) is 17.6. The number of nitrogens with one attached hydrogen (secondary N) is 2. The summed E-state index contributed by atoms with van der Waals surface area (Å²) in [6, 6.07) is 0. The summed E-state index contributed by atoms with van der Waals surface area (Å²) in [5.74, 6) is 0.216. The van der Waals surface area contributed by atoms with Gasteiger partial charge in [-0.3, -0.25) is 19.0 Å². The molecule has 0 amide bonds. The average molecular weight is 280 g/mol. The Labute approximate surface area is 110 Å². The van der Waals surface area contributed by atoms with Crippen LogP contribution in [0, 0.1) is 5.41 Å². The van der Waals surface area contributed by atoms with Crippen LogP contribution in [0.1, 0.15) is 48.5 Å². The Morgan fingerprint density at radius 1 is 1.11 bits per heavy atom. The van der Waals surface area contributed by atoms with Gasteiger partial charge in [0, 0.05) is 0 Å². The molecule has 0 heterocycles. The monoisotopic (exact) mass is 280 g/mol. The first-order chi connectivity index (χ1) is 7.83. The van der Waals surface area contributed by atoms with Gasteiger partial charge in [-0.25, -0.2) is 4.57 Å². The molecule has 18 heavy (non-hydrogen) atoms. The Bertz CT molecular complexity index is 311. The zero-order chi connectivity index (χ0) is 14.6. The lowest BCUT2D eigenvalue weighted by molar-refractivity contribution is 0.00270. The van der Waals surface area contributed by atoms with Crippen molar-refractivity contribution < 1.29 is 18.1 Å². The predicted molar refractivity (Wildman–Crippen MR) is 71.8 cm³/mol. The maximum atomic E-state index is 12.4. The number of rotatable bonds is 5. The molecule has 0 saturated carbocycles. The number of hydrogen-bond donors (Lipinski definition) is 2.